The molecule has 2 aromatic heterocycles. The van der Waals surface area contributed by atoms with E-state index in [0.29, 0.717) is 17.3 Å². The number of aromatic nitrogens is 4. The van der Waals surface area contributed by atoms with Crippen molar-refractivity contribution in [2.45, 2.75) is 26.7 Å². The van der Waals surface area contributed by atoms with Crippen molar-refractivity contribution in [2.24, 2.45) is 5.92 Å². The van der Waals surface area contributed by atoms with Crippen LogP contribution in [0.3, 0.4) is 0 Å². The molecular formula is C21H23ClN6O. The van der Waals surface area contributed by atoms with Gasteiger partial charge in [-0.1, -0.05) is 17.7 Å². The Morgan fingerprint density at radius 3 is 2.76 bits per heavy atom. The minimum absolute atomic E-state index is 0.00444. The van der Waals surface area contributed by atoms with Gasteiger partial charge in [-0.3, -0.25) is 4.79 Å². The fourth-order valence-electron chi connectivity index (χ4n) is 3.70. The maximum absolute atomic E-state index is 12.8. The molecule has 0 saturated carbocycles. The molecule has 0 radical (unpaired) electrons. The van der Waals surface area contributed by atoms with Crippen LogP contribution in [-0.4, -0.2) is 38.7 Å². The second kappa shape index (κ2) is 8.21. The molecule has 1 aromatic carbocycles. The lowest BCUT2D eigenvalue weighted by Gasteiger charge is -2.33. The summed E-state index contributed by atoms with van der Waals surface area (Å²) in [5.74, 6) is 1.42. The zero-order chi connectivity index (χ0) is 20.4. The van der Waals surface area contributed by atoms with Crippen LogP contribution in [0.4, 0.5) is 11.5 Å². The van der Waals surface area contributed by atoms with E-state index in [-0.39, 0.29) is 11.8 Å². The van der Waals surface area contributed by atoms with Crippen LogP contribution in [0, 0.1) is 19.8 Å². The topological polar surface area (TPSA) is 75.9 Å². The molecular weight excluding hydrogens is 388 g/mol. The second-order valence-electron chi connectivity index (χ2n) is 7.36. The van der Waals surface area contributed by atoms with Gasteiger partial charge in [0.05, 0.1) is 11.6 Å². The molecule has 29 heavy (non-hydrogen) atoms. The molecule has 1 aliphatic heterocycles. The first kappa shape index (κ1) is 19.4. The molecule has 8 heteroatoms. The highest BCUT2D eigenvalue weighted by Gasteiger charge is 2.27. The van der Waals surface area contributed by atoms with Crippen LogP contribution in [0.1, 0.15) is 24.2 Å². The monoisotopic (exact) mass is 410 g/mol. The summed E-state index contributed by atoms with van der Waals surface area (Å²) in [6, 6.07) is 11.2. The molecule has 1 amide bonds. The molecule has 150 valence electrons. The van der Waals surface area contributed by atoms with Crippen molar-refractivity contribution in [3.63, 3.8) is 0 Å². The Bertz CT molecular complexity index is 1030. The van der Waals surface area contributed by atoms with Crippen LogP contribution in [0.2, 0.25) is 5.02 Å². The summed E-state index contributed by atoms with van der Waals surface area (Å²) in [6.45, 7) is 5.42. The summed E-state index contributed by atoms with van der Waals surface area (Å²) in [6.07, 6.45) is 3.32. The highest BCUT2D eigenvalue weighted by Crippen LogP contribution is 2.24. The maximum Gasteiger partial charge on any atom is 0.229 e. The zero-order valence-electron chi connectivity index (χ0n) is 16.5. The fourth-order valence-corrected chi connectivity index (χ4v) is 3.89. The largest absolute Gasteiger partial charge is 0.356 e. The van der Waals surface area contributed by atoms with Gasteiger partial charge >= 0.3 is 0 Å². The Kier molecular flexibility index (Phi) is 5.49. The SMILES string of the molecule is Cc1cc(C)n(-c2cc(N3CCCC(C(=O)Nc4cccc(Cl)c4)C3)ncn2)n1. The summed E-state index contributed by atoms with van der Waals surface area (Å²) in [4.78, 5) is 23.7. The predicted molar refractivity (Wildman–Crippen MR) is 114 cm³/mol. The van der Waals surface area contributed by atoms with E-state index in [2.05, 4.69) is 25.3 Å². The van der Waals surface area contributed by atoms with Crippen molar-refractivity contribution in [3.8, 4) is 5.82 Å². The third-order valence-electron chi connectivity index (χ3n) is 5.07. The number of nitrogens with zero attached hydrogens (tertiary/aromatic N) is 5. The van der Waals surface area contributed by atoms with Crippen molar-refractivity contribution in [1.82, 2.24) is 19.7 Å². The van der Waals surface area contributed by atoms with Crippen LogP contribution in [-0.2, 0) is 4.79 Å². The number of piperidine rings is 1. The van der Waals surface area contributed by atoms with E-state index in [1.807, 2.05) is 42.8 Å². The van der Waals surface area contributed by atoms with Crippen LogP contribution >= 0.6 is 11.6 Å². The molecule has 4 rings (SSSR count). The number of carbonyl (C=O) groups excluding carboxylic acids is 1. The van der Waals surface area contributed by atoms with E-state index < -0.39 is 0 Å². The number of carbonyl (C=O) groups is 1. The number of aryl methyl sites for hydroxylation is 2. The smallest absolute Gasteiger partial charge is 0.229 e. The first-order chi connectivity index (χ1) is 14.0. The number of nitrogens with one attached hydrogen (secondary N) is 1. The van der Waals surface area contributed by atoms with E-state index in [1.54, 1.807) is 18.5 Å². The van der Waals surface area contributed by atoms with Gasteiger partial charge in [0.2, 0.25) is 5.91 Å². The van der Waals surface area contributed by atoms with Gasteiger partial charge in [-0.2, -0.15) is 5.10 Å². The Hall–Kier alpha value is -2.93. The van der Waals surface area contributed by atoms with E-state index in [0.717, 1.165) is 42.4 Å². The Labute approximate surface area is 174 Å². The van der Waals surface area contributed by atoms with E-state index >= 15 is 0 Å². The quantitative estimate of drug-likeness (QED) is 0.708. The van der Waals surface area contributed by atoms with Gasteiger partial charge in [0.15, 0.2) is 5.82 Å². The van der Waals surface area contributed by atoms with Gasteiger partial charge in [-0.25, -0.2) is 14.6 Å². The summed E-state index contributed by atoms with van der Waals surface area (Å²) in [5.41, 5.74) is 2.68. The normalized spacial score (nSPS) is 16.7. The van der Waals surface area contributed by atoms with Crippen LogP contribution in [0.25, 0.3) is 5.82 Å². The highest BCUT2D eigenvalue weighted by atomic mass is 35.5. The minimum Gasteiger partial charge on any atom is -0.356 e. The zero-order valence-corrected chi connectivity index (χ0v) is 17.2. The average molecular weight is 411 g/mol. The van der Waals surface area contributed by atoms with Crippen molar-refractivity contribution in [1.29, 1.82) is 0 Å². The van der Waals surface area contributed by atoms with Gasteiger partial charge in [0.25, 0.3) is 0 Å². The second-order valence-corrected chi connectivity index (χ2v) is 7.79. The van der Waals surface area contributed by atoms with Crippen molar-refractivity contribution in [3.05, 3.63) is 59.1 Å². The number of halogens is 1. The molecule has 1 atom stereocenters. The molecule has 0 spiro atoms. The van der Waals surface area contributed by atoms with Gasteiger partial charge < -0.3 is 10.2 Å². The predicted octanol–water partition coefficient (Wildman–Crippen LogP) is 3.79. The van der Waals surface area contributed by atoms with Gasteiger partial charge in [-0.05, 0) is 51.0 Å². The molecule has 3 aromatic rings. The summed E-state index contributed by atoms with van der Waals surface area (Å²) >= 11 is 6.01. The molecule has 0 aliphatic carbocycles. The number of anilines is 2. The average Bonchev–Trinajstić information content (AvgIpc) is 3.06. The molecule has 1 saturated heterocycles. The Balaban J connectivity index is 1.49. The third-order valence-corrected chi connectivity index (χ3v) is 5.31. The Morgan fingerprint density at radius 2 is 2.00 bits per heavy atom. The van der Waals surface area contributed by atoms with Gasteiger partial charge in [-0.15, -0.1) is 0 Å². The molecule has 1 unspecified atom stereocenters. The van der Waals surface area contributed by atoms with Gasteiger partial charge in [0, 0.05) is 35.6 Å². The van der Waals surface area contributed by atoms with Crippen molar-refractivity contribution in [2.75, 3.05) is 23.3 Å². The fraction of sp³-hybridized carbons (Fsp3) is 0.333. The lowest BCUT2D eigenvalue weighted by atomic mass is 9.97. The summed E-state index contributed by atoms with van der Waals surface area (Å²) < 4.78 is 1.81. The molecule has 0 bridgehead atoms. The third kappa shape index (κ3) is 4.40. The number of hydrogen-bond donors (Lipinski definition) is 1. The van der Waals surface area contributed by atoms with E-state index in [1.165, 1.54) is 0 Å². The molecule has 1 aliphatic rings. The molecule has 7 nitrogen and oxygen atoms in total. The number of rotatable bonds is 4. The first-order valence-electron chi connectivity index (χ1n) is 9.66. The lowest BCUT2D eigenvalue weighted by molar-refractivity contribution is -0.120. The van der Waals surface area contributed by atoms with E-state index in [4.69, 9.17) is 11.6 Å². The van der Waals surface area contributed by atoms with Crippen LogP contribution in [0.5, 0.6) is 0 Å². The lowest BCUT2D eigenvalue weighted by Crippen LogP contribution is -2.41. The minimum atomic E-state index is -0.116. The molecule has 1 N–H and O–H groups in total. The van der Waals surface area contributed by atoms with Crippen LogP contribution in [0.15, 0.2) is 42.7 Å². The Morgan fingerprint density at radius 1 is 1.17 bits per heavy atom. The maximum atomic E-state index is 12.8. The summed E-state index contributed by atoms with van der Waals surface area (Å²) in [7, 11) is 0. The first-order valence-corrected chi connectivity index (χ1v) is 10.0. The standard InChI is InChI=1S/C21H23ClN6O/c1-14-9-15(2)28(26-14)20-11-19(23-13-24-20)27-8-4-5-16(12-27)21(29)25-18-7-3-6-17(22)10-18/h3,6-7,9-11,13,16H,4-5,8,12H2,1-2H3,(H,25,29). The number of amides is 1. The summed E-state index contributed by atoms with van der Waals surface area (Å²) in [5, 5.41) is 8.07. The van der Waals surface area contributed by atoms with Crippen LogP contribution < -0.4 is 10.2 Å². The van der Waals surface area contributed by atoms with Gasteiger partial charge in [0.1, 0.15) is 12.1 Å². The highest BCUT2D eigenvalue weighted by molar-refractivity contribution is 6.30. The molecule has 3 heterocycles. The number of hydrogen-bond acceptors (Lipinski definition) is 5. The van der Waals surface area contributed by atoms with Crippen molar-refractivity contribution < 1.29 is 4.79 Å². The number of benzene rings is 1. The van der Waals surface area contributed by atoms with Crippen molar-refractivity contribution >= 4 is 29.0 Å². The molecule has 1 fully saturated rings. The van der Waals surface area contributed by atoms with E-state index in [9.17, 15) is 4.79 Å².